The topological polar surface area (TPSA) is 20.3 Å². The van der Waals surface area contributed by atoms with Crippen LogP contribution in [0.4, 0.5) is 0 Å². The minimum atomic E-state index is 0.162. The van der Waals surface area contributed by atoms with Crippen molar-refractivity contribution in [2.24, 2.45) is 0 Å². The van der Waals surface area contributed by atoms with Crippen LogP contribution in [0.5, 0.6) is 0 Å². The van der Waals surface area contributed by atoms with Crippen LogP contribution in [0.3, 0.4) is 0 Å². The summed E-state index contributed by atoms with van der Waals surface area (Å²) in [7, 11) is 1.83. The zero-order valence-electron chi connectivity index (χ0n) is 8.54. The second-order valence-corrected chi connectivity index (χ2v) is 5.02. The lowest BCUT2D eigenvalue weighted by molar-refractivity contribution is -0.129. The highest BCUT2D eigenvalue weighted by molar-refractivity contribution is 9.10. The van der Waals surface area contributed by atoms with Gasteiger partial charge >= 0.3 is 0 Å². The smallest absolute Gasteiger partial charge is 0.223 e. The molecule has 0 aliphatic heterocycles. The van der Waals surface area contributed by atoms with Crippen LogP contribution in [0.15, 0.2) is 28.7 Å². The lowest BCUT2D eigenvalue weighted by Crippen LogP contribution is -2.26. The van der Waals surface area contributed by atoms with Gasteiger partial charge in [0.2, 0.25) is 5.91 Å². The molecule has 0 aromatic heterocycles. The second-order valence-electron chi connectivity index (χ2n) is 3.32. The third kappa shape index (κ3) is 4.34. The van der Waals surface area contributed by atoms with E-state index in [2.05, 4.69) is 31.9 Å². The Balaban J connectivity index is 2.54. The number of nitrogens with zero attached hydrogens (tertiary/aromatic N) is 1. The molecule has 0 aliphatic rings. The van der Waals surface area contributed by atoms with Crippen molar-refractivity contribution in [1.82, 2.24) is 4.90 Å². The minimum Gasteiger partial charge on any atom is -0.341 e. The van der Waals surface area contributed by atoms with Crippen molar-refractivity contribution in [3.05, 3.63) is 34.3 Å². The van der Waals surface area contributed by atoms with E-state index in [1.165, 1.54) is 0 Å². The normalized spacial score (nSPS) is 10.1. The highest BCUT2D eigenvalue weighted by Gasteiger charge is 2.07. The lowest BCUT2D eigenvalue weighted by Gasteiger charge is -2.16. The Kier molecular flexibility index (Phi) is 5.32. The van der Waals surface area contributed by atoms with Crippen LogP contribution >= 0.6 is 31.9 Å². The van der Waals surface area contributed by atoms with Crippen LogP contribution in [-0.2, 0) is 11.3 Å². The van der Waals surface area contributed by atoms with Crippen molar-refractivity contribution < 1.29 is 4.79 Å². The van der Waals surface area contributed by atoms with Crippen LogP contribution in [0.2, 0.25) is 0 Å². The third-order valence-corrected chi connectivity index (χ3v) is 2.99. The summed E-state index contributed by atoms with van der Waals surface area (Å²) in [5.41, 5.74) is 1.14. The van der Waals surface area contributed by atoms with Gasteiger partial charge in [-0.05, 0) is 17.7 Å². The van der Waals surface area contributed by atoms with E-state index in [0.717, 1.165) is 15.4 Å². The maximum Gasteiger partial charge on any atom is 0.223 e. The Morgan fingerprint density at radius 2 is 1.93 bits per heavy atom. The fraction of sp³-hybridized carbons (Fsp3) is 0.364. The number of carbonyl (C=O) groups is 1. The molecule has 2 nitrogen and oxygen atoms in total. The van der Waals surface area contributed by atoms with Gasteiger partial charge in [-0.2, -0.15) is 0 Å². The van der Waals surface area contributed by atoms with Crippen LogP contribution in [0.25, 0.3) is 0 Å². The van der Waals surface area contributed by atoms with Gasteiger partial charge in [-0.3, -0.25) is 4.79 Å². The Bertz CT molecular complexity index is 324. The second kappa shape index (κ2) is 6.28. The number of alkyl halides is 1. The highest BCUT2D eigenvalue weighted by atomic mass is 79.9. The fourth-order valence-corrected chi connectivity index (χ4v) is 1.83. The summed E-state index contributed by atoms with van der Waals surface area (Å²) in [5.74, 6) is 0.162. The van der Waals surface area contributed by atoms with E-state index in [9.17, 15) is 4.79 Å². The monoisotopic (exact) mass is 333 g/mol. The molecule has 0 aliphatic carbocycles. The molecule has 0 N–H and O–H groups in total. The molecule has 0 atom stereocenters. The average molecular weight is 335 g/mol. The molecular formula is C11H13Br2NO. The van der Waals surface area contributed by atoms with Crippen LogP contribution in [0, 0.1) is 0 Å². The quantitative estimate of drug-likeness (QED) is 0.774. The molecular weight excluding hydrogens is 322 g/mol. The van der Waals surface area contributed by atoms with Crippen LogP contribution in [-0.4, -0.2) is 23.2 Å². The zero-order valence-corrected chi connectivity index (χ0v) is 11.7. The molecule has 0 fully saturated rings. The first kappa shape index (κ1) is 12.7. The summed E-state index contributed by atoms with van der Waals surface area (Å²) in [6, 6.07) is 8.00. The molecule has 1 rings (SSSR count). The number of amides is 1. The van der Waals surface area contributed by atoms with E-state index in [0.29, 0.717) is 13.0 Å². The Labute approximate surface area is 107 Å². The molecule has 1 aromatic rings. The molecule has 1 amide bonds. The van der Waals surface area contributed by atoms with Crippen molar-refractivity contribution in [3.63, 3.8) is 0 Å². The van der Waals surface area contributed by atoms with Gasteiger partial charge in [-0.1, -0.05) is 44.0 Å². The minimum absolute atomic E-state index is 0.162. The zero-order chi connectivity index (χ0) is 11.3. The Hall–Kier alpha value is -0.350. The first-order chi connectivity index (χ1) is 7.13. The molecule has 4 heteroatoms. The molecule has 0 saturated heterocycles. The SMILES string of the molecule is CN(Cc1ccc(Br)cc1)C(=O)CCBr. The molecule has 82 valence electrons. The summed E-state index contributed by atoms with van der Waals surface area (Å²) in [4.78, 5) is 13.2. The van der Waals surface area contributed by atoms with E-state index in [1.807, 2.05) is 31.3 Å². The number of benzene rings is 1. The van der Waals surface area contributed by atoms with Crippen molar-refractivity contribution in [2.75, 3.05) is 12.4 Å². The molecule has 1 aromatic carbocycles. The van der Waals surface area contributed by atoms with E-state index in [4.69, 9.17) is 0 Å². The van der Waals surface area contributed by atoms with Crippen LogP contribution in [0.1, 0.15) is 12.0 Å². The average Bonchev–Trinajstić information content (AvgIpc) is 2.22. The van der Waals surface area contributed by atoms with E-state index >= 15 is 0 Å². The largest absolute Gasteiger partial charge is 0.341 e. The number of hydrogen-bond donors (Lipinski definition) is 0. The van der Waals surface area contributed by atoms with E-state index < -0.39 is 0 Å². The van der Waals surface area contributed by atoms with Gasteiger partial charge in [0.25, 0.3) is 0 Å². The van der Waals surface area contributed by atoms with Gasteiger partial charge < -0.3 is 4.90 Å². The van der Waals surface area contributed by atoms with Gasteiger partial charge in [0.1, 0.15) is 0 Å². The van der Waals surface area contributed by atoms with Gasteiger partial charge in [-0.25, -0.2) is 0 Å². The molecule has 0 spiro atoms. The number of halogens is 2. The maximum atomic E-state index is 11.5. The predicted octanol–water partition coefficient (Wildman–Crippen LogP) is 3.19. The Morgan fingerprint density at radius 1 is 1.33 bits per heavy atom. The number of carbonyl (C=O) groups excluding carboxylic acids is 1. The summed E-state index contributed by atoms with van der Waals surface area (Å²) in [6.45, 7) is 0.666. The molecule has 15 heavy (non-hydrogen) atoms. The third-order valence-electron chi connectivity index (χ3n) is 2.07. The van der Waals surface area contributed by atoms with Crippen molar-refractivity contribution >= 4 is 37.8 Å². The van der Waals surface area contributed by atoms with Gasteiger partial charge in [0.05, 0.1) is 0 Å². The molecule has 0 unspecified atom stereocenters. The molecule has 0 radical (unpaired) electrons. The highest BCUT2D eigenvalue weighted by Crippen LogP contribution is 2.12. The van der Waals surface area contributed by atoms with Gasteiger partial charge in [-0.15, -0.1) is 0 Å². The van der Waals surface area contributed by atoms with Crippen molar-refractivity contribution in [3.8, 4) is 0 Å². The standard InChI is InChI=1S/C11H13Br2NO/c1-14(11(15)6-7-12)8-9-2-4-10(13)5-3-9/h2-5H,6-8H2,1H3. The first-order valence-corrected chi connectivity index (χ1v) is 6.59. The summed E-state index contributed by atoms with van der Waals surface area (Å²) in [6.07, 6.45) is 0.549. The number of hydrogen-bond acceptors (Lipinski definition) is 1. The van der Waals surface area contributed by atoms with Crippen molar-refractivity contribution in [2.45, 2.75) is 13.0 Å². The predicted molar refractivity (Wildman–Crippen MR) is 69.0 cm³/mol. The molecule has 0 saturated carbocycles. The fourth-order valence-electron chi connectivity index (χ4n) is 1.22. The summed E-state index contributed by atoms with van der Waals surface area (Å²) >= 11 is 6.64. The van der Waals surface area contributed by atoms with Crippen LogP contribution < -0.4 is 0 Å². The maximum absolute atomic E-state index is 11.5. The summed E-state index contributed by atoms with van der Waals surface area (Å²) in [5, 5.41) is 0.719. The number of rotatable bonds is 4. The van der Waals surface area contributed by atoms with E-state index in [-0.39, 0.29) is 5.91 Å². The summed E-state index contributed by atoms with van der Waals surface area (Å²) < 4.78 is 1.06. The molecule has 0 bridgehead atoms. The first-order valence-electron chi connectivity index (χ1n) is 4.68. The molecule has 0 heterocycles. The van der Waals surface area contributed by atoms with E-state index in [1.54, 1.807) is 4.90 Å². The van der Waals surface area contributed by atoms with Crippen molar-refractivity contribution in [1.29, 1.82) is 0 Å². The van der Waals surface area contributed by atoms with Gasteiger partial charge in [0.15, 0.2) is 0 Å². The Morgan fingerprint density at radius 3 is 2.47 bits per heavy atom. The lowest BCUT2D eigenvalue weighted by atomic mass is 10.2. The van der Waals surface area contributed by atoms with Gasteiger partial charge in [0, 0.05) is 29.8 Å².